The van der Waals surface area contributed by atoms with Crippen LogP contribution in [0.2, 0.25) is 0 Å². The molecule has 1 aliphatic heterocycles. The number of thioether (sulfide) groups is 2. The number of halogens is 2. The van der Waals surface area contributed by atoms with Crippen molar-refractivity contribution in [3.05, 3.63) is 34.7 Å². The number of ether oxygens (including phenoxy) is 1. The summed E-state index contributed by atoms with van der Waals surface area (Å²) in [6.45, 7) is -2.99. The molecule has 2 rings (SSSR count). The smallest absolute Gasteiger partial charge is 0.387 e. The van der Waals surface area contributed by atoms with Crippen molar-refractivity contribution in [1.29, 1.82) is 0 Å². The molecular weight excluding hydrogens is 466 g/mol. The lowest BCUT2D eigenvalue weighted by atomic mass is 10.2. The first-order valence-corrected chi connectivity index (χ1v) is 11.5. The summed E-state index contributed by atoms with van der Waals surface area (Å²) in [6, 6.07) is 3.97. The second-order valence-corrected chi connectivity index (χ2v) is 8.39. The summed E-state index contributed by atoms with van der Waals surface area (Å²) in [5.74, 6) is -0.396. The molecule has 1 aromatic carbocycles. The Morgan fingerprint density at radius 1 is 1.28 bits per heavy atom. The minimum absolute atomic E-state index is 0.0000269. The van der Waals surface area contributed by atoms with Crippen LogP contribution in [0.15, 0.2) is 29.2 Å². The molecule has 32 heavy (non-hydrogen) atoms. The number of hydrogen-bond donors (Lipinski definition) is 3. The summed E-state index contributed by atoms with van der Waals surface area (Å²) in [7, 11) is 0. The second kappa shape index (κ2) is 12.3. The number of nitrogens with two attached hydrogens (primary N) is 1. The molecular formula is C19H22F2N4O5S2. The van der Waals surface area contributed by atoms with Crippen LogP contribution in [0.25, 0.3) is 6.08 Å². The van der Waals surface area contributed by atoms with Crippen LogP contribution in [0.4, 0.5) is 18.4 Å². The number of primary amides is 1. The van der Waals surface area contributed by atoms with Gasteiger partial charge in [0.2, 0.25) is 5.91 Å². The second-order valence-electron chi connectivity index (χ2n) is 6.41. The summed E-state index contributed by atoms with van der Waals surface area (Å²) in [5.41, 5.74) is 5.62. The van der Waals surface area contributed by atoms with Crippen molar-refractivity contribution in [2.24, 2.45) is 5.73 Å². The van der Waals surface area contributed by atoms with E-state index in [-0.39, 0.29) is 23.7 Å². The molecule has 1 aliphatic rings. The van der Waals surface area contributed by atoms with E-state index in [2.05, 4.69) is 15.4 Å². The highest BCUT2D eigenvalue weighted by Crippen LogP contribution is 2.32. The van der Waals surface area contributed by atoms with Crippen LogP contribution in [0.5, 0.6) is 5.75 Å². The Bertz CT molecular complexity index is 883. The average Bonchev–Trinajstić information content (AvgIpc) is 2.99. The lowest BCUT2D eigenvalue weighted by Gasteiger charge is -2.18. The van der Waals surface area contributed by atoms with Crippen molar-refractivity contribution in [3.63, 3.8) is 0 Å². The van der Waals surface area contributed by atoms with Crippen LogP contribution < -0.4 is 21.1 Å². The molecule has 0 saturated carbocycles. The number of benzene rings is 1. The van der Waals surface area contributed by atoms with E-state index in [9.17, 15) is 28.0 Å². The maximum Gasteiger partial charge on any atom is 0.387 e. The Morgan fingerprint density at radius 3 is 2.56 bits per heavy atom. The molecule has 1 atom stereocenters. The predicted molar refractivity (Wildman–Crippen MR) is 118 cm³/mol. The van der Waals surface area contributed by atoms with Gasteiger partial charge in [0, 0.05) is 13.1 Å². The highest BCUT2D eigenvalue weighted by Gasteiger charge is 2.34. The van der Waals surface area contributed by atoms with E-state index in [1.807, 2.05) is 6.26 Å². The van der Waals surface area contributed by atoms with Crippen molar-refractivity contribution < 1.29 is 32.7 Å². The van der Waals surface area contributed by atoms with Crippen molar-refractivity contribution in [3.8, 4) is 5.75 Å². The van der Waals surface area contributed by atoms with E-state index in [0.717, 1.165) is 16.7 Å². The number of imide groups is 1. The van der Waals surface area contributed by atoms with Crippen LogP contribution in [0, 0.1) is 0 Å². The van der Waals surface area contributed by atoms with Crippen LogP contribution in [-0.4, -0.2) is 65.7 Å². The van der Waals surface area contributed by atoms with E-state index in [1.54, 1.807) is 0 Å². The number of carbonyl (C=O) groups excluding carboxylic acids is 4. The third-order valence-electron chi connectivity index (χ3n) is 4.15. The van der Waals surface area contributed by atoms with E-state index < -0.39 is 35.7 Å². The van der Waals surface area contributed by atoms with Gasteiger partial charge >= 0.3 is 12.6 Å². The summed E-state index contributed by atoms with van der Waals surface area (Å²) in [4.78, 5) is 49.2. The van der Waals surface area contributed by atoms with E-state index in [4.69, 9.17) is 5.73 Å². The van der Waals surface area contributed by atoms with Gasteiger partial charge in [-0.2, -0.15) is 20.5 Å². The molecule has 0 aliphatic carbocycles. The molecule has 0 aromatic heterocycles. The average molecular weight is 489 g/mol. The molecule has 4 N–H and O–H groups in total. The minimum Gasteiger partial charge on any atom is -0.435 e. The Labute approximate surface area is 191 Å². The standard InChI is InChI=1S/C19H22F2N4O5S2/c1-31-9-6-13(24-18(22)28)15(26)23-7-8-25-16(27)14(32-19(25)29)10-11-2-4-12(5-3-11)30-17(20)21/h2-5,10,13,17H,6-9H2,1H3,(H,23,26)(H3,22,24,28)/b14-10+. The number of alkyl halides is 2. The van der Waals surface area contributed by atoms with E-state index in [1.165, 1.54) is 42.1 Å². The normalized spacial score (nSPS) is 15.9. The maximum absolute atomic E-state index is 12.5. The van der Waals surface area contributed by atoms with Crippen LogP contribution in [0.3, 0.4) is 0 Å². The minimum atomic E-state index is -2.94. The summed E-state index contributed by atoms with van der Waals surface area (Å²) >= 11 is 2.24. The van der Waals surface area contributed by atoms with Gasteiger partial charge in [-0.25, -0.2) is 4.79 Å². The molecule has 0 bridgehead atoms. The van der Waals surface area contributed by atoms with Gasteiger partial charge in [-0.3, -0.25) is 19.3 Å². The Balaban J connectivity index is 1.93. The van der Waals surface area contributed by atoms with Crippen molar-refractivity contribution in [2.75, 3.05) is 25.1 Å². The Kier molecular flexibility index (Phi) is 9.78. The summed E-state index contributed by atoms with van der Waals surface area (Å²) in [6.07, 6.45) is 3.70. The molecule has 1 unspecified atom stereocenters. The SMILES string of the molecule is CSCCC(NC(N)=O)C(=O)NCCN1C(=O)S/C(=C/c2ccc(OC(F)F)cc2)C1=O. The molecule has 5 amide bonds. The summed E-state index contributed by atoms with van der Waals surface area (Å²) < 4.78 is 28.7. The molecule has 9 nitrogen and oxygen atoms in total. The van der Waals surface area contributed by atoms with Crippen LogP contribution in [0.1, 0.15) is 12.0 Å². The first kappa shape index (κ1) is 25.5. The molecule has 13 heteroatoms. The Morgan fingerprint density at radius 2 is 1.97 bits per heavy atom. The molecule has 0 radical (unpaired) electrons. The zero-order valence-electron chi connectivity index (χ0n) is 17.0. The van der Waals surface area contributed by atoms with Crippen molar-refractivity contribution in [2.45, 2.75) is 19.1 Å². The van der Waals surface area contributed by atoms with Crippen LogP contribution >= 0.6 is 23.5 Å². The third-order valence-corrected chi connectivity index (χ3v) is 5.71. The van der Waals surface area contributed by atoms with E-state index in [0.29, 0.717) is 17.7 Å². The van der Waals surface area contributed by atoms with Gasteiger partial charge in [-0.05, 0) is 54.0 Å². The first-order valence-electron chi connectivity index (χ1n) is 9.34. The van der Waals surface area contributed by atoms with Crippen LogP contribution in [-0.2, 0) is 9.59 Å². The molecule has 1 saturated heterocycles. The van der Waals surface area contributed by atoms with Gasteiger partial charge in [0.25, 0.3) is 11.1 Å². The van der Waals surface area contributed by atoms with Gasteiger partial charge in [0.1, 0.15) is 11.8 Å². The number of nitrogens with one attached hydrogen (secondary N) is 2. The van der Waals surface area contributed by atoms with Crippen molar-refractivity contribution >= 4 is 52.7 Å². The zero-order chi connectivity index (χ0) is 23.7. The Hall–Kier alpha value is -2.80. The maximum atomic E-state index is 12.5. The highest BCUT2D eigenvalue weighted by atomic mass is 32.2. The number of urea groups is 1. The number of nitrogens with zero attached hydrogens (tertiary/aromatic N) is 1. The fourth-order valence-corrected chi connectivity index (χ4v) is 4.02. The molecule has 1 heterocycles. The quantitative estimate of drug-likeness (QED) is 0.407. The third kappa shape index (κ3) is 7.71. The fourth-order valence-electron chi connectivity index (χ4n) is 2.68. The van der Waals surface area contributed by atoms with Gasteiger partial charge in [0.05, 0.1) is 4.91 Å². The fraction of sp³-hybridized carbons (Fsp3) is 0.368. The monoisotopic (exact) mass is 488 g/mol. The number of amides is 5. The summed E-state index contributed by atoms with van der Waals surface area (Å²) in [5, 5.41) is 4.45. The zero-order valence-corrected chi connectivity index (χ0v) is 18.6. The van der Waals surface area contributed by atoms with Gasteiger partial charge in [-0.15, -0.1) is 0 Å². The van der Waals surface area contributed by atoms with Gasteiger partial charge < -0.3 is 21.1 Å². The predicted octanol–water partition coefficient (Wildman–Crippen LogP) is 2.23. The molecule has 174 valence electrons. The lowest BCUT2D eigenvalue weighted by Crippen LogP contribution is -2.50. The van der Waals surface area contributed by atoms with E-state index >= 15 is 0 Å². The number of hydrogen-bond acceptors (Lipinski definition) is 7. The van der Waals surface area contributed by atoms with Gasteiger partial charge in [0.15, 0.2) is 0 Å². The highest BCUT2D eigenvalue weighted by molar-refractivity contribution is 8.18. The lowest BCUT2D eigenvalue weighted by molar-refractivity contribution is -0.125. The molecule has 1 aromatic rings. The molecule has 1 fully saturated rings. The van der Waals surface area contributed by atoms with Gasteiger partial charge in [-0.1, -0.05) is 12.1 Å². The number of carbonyl (C=O) groups is 4. The largest absolute Gasteiger partial charge is 0.435 e. The number of rotatable bonds is 11. The topological polar surface area (TPSA) is 131 Å². The molecule has 0 spiro atoms. The van der Waals surface area contributed by atoms with Crippen molar-refractivity contribution in [1.82, 2.24) is 15.5 Å². The first-order chi connectivity index (χ1) is 15.2.